The second-order valence-electron chi connectivity index (χ2n) is 7.82. The average molecular weight is 541 g/mol. The highest BCUT2D eigenvalue weighted by Crippen LogP contribution is 2.28. The summed E-state index contributed by atoms with van der Waals surface area (Å²) in [7, 11) is 0. The number of rotatable bonds is 5. The van der Waals surface area contributed by atoms with Crippen molar-refractivity contribution in [1.29, 1.82) is 0 Å². The van der Waals surface area contributed by atoms with Gasteiger partial charge in [0.1, 0.15) is 0 Å². The summed E-state index contributed by atoms with van der Waals surface area (Å²) in [6.45, 7) is 0. The Morgan fingerprint density at radius 3 is 2.76 bits per heavy atom. The summed E-state index contributed by atoms with van der Waals surface area (Å²) in [5.74, 6) is -0.0272. The molecule has 1 aliphatic rings. The molecule has 33 heavy (non-hydrogen) atoms. The Labute approximate surface area is 208 Å². The largest absolute Gasteiger partial charge is 0.325 e. The van der Waals surface area contributed by atoms with Gasteiger partial charge in [-0.3, -0.25) is 14.2 Å². The van der Waals surface area contributed by atoms with E-state index in [1.54, 1.807) is 30.3 Å². The number of fused-ring (bicyclic) bond motifs is 2. The maximum absolute atomic E-state index is 13.4. The van der Waals surface area contributed by atoms with Crippen molar-refractivity contribution < 1.29 is 4.79 Å². The van der Waals surface area contributed by atoms with Crippen LogP contribution in [0.3, 0.4) is 0 Å². The number of thioether (sulfide) groups is 1. The molecular weight excluding hydrogens is 522 g/mol. The molecule has 5 nitrogen and oxygen atoms in total. The number of nitrogens with one attached hydrogen (secondary N) is 1. The van der Waals surface area contributed by atoms with Gasteiger partial charge < -0.3 is 5.32 Å². The van der Waals surface area contributed by atoms with Gasteiger partial charge in [-0.2, -0.15) is 0 Å². The molecule has 1 aliphatic carbocycles. The third-order valence-electron chi connectivity index (χ3n) is 5.62. The molecule has 0 unspecified atom stereocenters. The number of carbonyl (C=O) groups is 1. The van der Waals surface area contributed by atoms with Gasteiger partial charge in [0.25, 0.3) is 5.56 Å². The molecule has 1 aromatic heterocycles. The number of hydrogen-bond donors (Lipinski definition) is 1. The molecule has 1 heterocycles. The van der Waals surface area contributed by atoms with Crippen LogP contribution in [0.2, 0.25) is 5.02 Å². The minimum atomic E-state index is -0.198. The monoisotopic (exact) mass is 539 g/mol. The van der Waals surface area contributed by atoms with Gasteiger partial charge in [0, 0.05) is 10.2 Å². The first-order valence-electron chi connectivity index (χ1n) is 10.5. The lowest BCUT2D eigenvalue weighted by atomic mass is 10.1. The van der Waals surface area contributed by atoms with Crippen LogP contribution in [0.15, 0.2) is 75.1 Å². The minimum Gasteiger partial charge on any atom is -0.325 e. The van der Waals surface area contributed by atoms with Crippen molar-refractivity contribution in [1.82, 2.24) is 9.55 Å². The second kappa shape index (κ2) is 9.33. The summed E-state index contributed by atoms with van der Waals surface area (Å²) in [5.41, 5.74) is 4.48. The van der Waals surface area contributed by atoms with Crippen LogP contribution in [-0.4, -0.2) is 21.2 Å². The number of carbonyl (C=O) groups excluding carboxylic acids is 1. The number of aryl methyl sites for hydroxylation is 2. The molecule has 0 bridgehead atoms. The van der Waals surface area contributed by atoms with Gasteiger partial charge in [-0.1, -0.05) is 41.6 Å². The van der Waals surface area contributed by atoms with Gasteiger partial charge in [0.05, 0.1) is 27.4 Å². The van der Waals surface area contributed by atoms with Crippen molar-refractivity contribution in [3.05, 3.63) is 91.6 Å². The highest BCUT2D eigenvalue weighted by molar-refractivity contribution is 9.10. The quantitative estimate of drug-likeness (QED) is 0.248. The van der Waals surface area contributed by atoms with Gasteiger partial charge >= 0.3 is 0 Å². The molecule has 0 saturated heterocycles. The molecule has 166 valence electrons. The van der Waals surface area contributed by atoms with Gasteiger partial charge in [0.2, 0.25) is 5.91 Å². The van der Waals surface area contributed by atoms with Crippen molar-refractivity contribution >= 4 is 61.8 Å². The third kappa shape index (κ3) is 4.58. The lowest BCUT2D eigenvalue weighted by molar-refractivity contribution is -0.113. The summed E-state index contributed by atoms with van der Waals surface area (Å²) in [5, 5.41) is 4.47. The smallest absolute Gasteiger partial charge is 0.266 e. The molecular formula is C25H19BrClN3O2S. The zero-order valence-electron chi connectivity index (χ0n) is 17.5. The van der Waals surface area contributed by atoms with Crippen LogP contribution < -0.4 is 10.9 Å². The van der Waals surface area contributed by atoms with E-state index in [0.717, 1.165) is 24.9 Å². The first-order chi connectivity index (χ1) is 16.0. The standard InChI is InChI=1S/C25H19BrClN3O2S/c26-20-13-18(10-11-21(20)27)30-24(32)19-6-1-2-7-22(19)29-25(30)33-14-23(31)28-17-9-8-15-4-3-5-16(15)12-17/h1-2,6-13H,3-5,14H2,(H,28,31). The molecule has 0 atom stereocenters. The van der Waals surface area contributed by atoms with Crippen LogP contribution in [0.1, 0.15) is 17.5 Å². The van der Waals surface area contributed by atoms with E-state index in [4.69, 9.17) is 11.6 Å². The summed E-state index contributed by atoms with van der Waals surface area (Å²) < 4.78 is 2.20. The number of halogens is 2. The Morgan fingerprint density at radius 2 is 1.91 bits per heavy atom. The lowest BCUT2D eigenvalue weighted by Gasteiger charge is -2.14. The van der Waals surface area contributed by atoms with Crippen molar-refractivity contribution in [2.45, 2.75) is 24.4 Å². The van der Waals surface area contributed by atoms with Gasteiger partial charge in [-0.25, -0.2) is 4.98 Å². The lowest BCUT2D eigenvalue weighted by Crippen LogP contribution is -2.23. The fourth-order valence-corrected chi connectivity index (χ4v) is 5.33. The maximum Gasteiger partial charge on any atom is 0.266 e. The van der Waals surface area contributed by atoms with Crippen molar-refractivity contribution in [3.63, 3.8) is 0 Å². The SMILES string of the molecule is O=C(CSc1nc2ccccc2c(=O)n1-c1ccc(Cl)c(Br)c1)Nc1ccc2c(c1)CCC2. The minimum absolute atomic E-state index is 0.122. The summed E-state index contributed by atoms with van der Waals surface area (Å²) in [6.07, 6.45) is 3.32. The Kier molecular flexibility index (Phi) is 6.27. The Hall–Kier alpha value is -2.61. The van der Waals surface area contributed by atoms with Crippen LogP contribution >= 0.6 is 39.3 Å². The van der Waals surface area contributed by atoms with Crippen LogP contribution in [0.25, 0.3) is 16.6 Å². The molecule has 0 radical (unpaired) electrons. The molecule has 1 amide bonds. The molecule has 0 saturated carbocycles. The van der Waals surface area contributed by atoms with Crippen LogP contribution in [-0.2, 0) is 17.6 Å². The van der Waals surface area contributed by atoms with Crippen LogP contribution in [0.5, 0.6) is 0 Å². The van der Waals surface area contributed by atoms with E-state index in [1.807, 2.05) is 18.2 Å². The van der Waals surface area contributed by atoms with E-state index >= 15 is 0 Å². The number of amides is 1. The second-order valence-corrected chi connectivity index (χ2v) is 10.0. The first kappa shape index (κ1) is 22.2. The van der Waals surface area contributed by atoms with E-state index in [2.05, 4.69) is 38.4 Å². The molecule has 0 aliphatic heterocycles. The number of benzene rings is 3. The molecule has 4 aromatic rings. The summed E-state index contributed by atoms with van der Waals surface area (Å²) >= 11 is 10.8. The first-order valence-corrected chi connectivity index (χ1v) is 12.7. The predicted octanol–water partition coefficient (Wildman–Crippen LogP) is 6.02. The van der Waals surface area contributed by atoms with Crippen LogP contribution in [0, 0.1) is 0 Å². The highest BCUT2D eigenvalue weighted by atomic mass is 79.9. The van der Waals surface area contributed by atoms with Gasteiger partial charge in [-0.15, -0.1) is 0 Å². The Balaban J connectivity index is 1.45. The molecule has 0 spiro atoms. The third-order valence-corrected chi connectivity index (χ3v) is 7.77. The Morgan fingerprint density at radius 1 is 1.09 bits per heavy atom. The fourth-order valence-electron chi connectivity index (χ4n) is 4.04. The molecule has 3 aromatic carbocycles. The number of anilines is 1. The van der Waals surface area contributed by atoms with E-state index < -0.39 is 0 Å². The Bertz CT molecular complexity index is 1450. The van der Waals surface area contributed by atoms with E-state index in [-0.39, 0.29) is 17.2 Å². The fraction of sp³-hybridized carbons (Fsp3) is 0.160. The average Bonchev–Trinajstić information content (AvgIpc) is 3.28. The number of para-hydroxylation sites is 1. The van der Waals surface area contributed by atoms with Crippen molar-refractivity contribution in [2.24, 2.45) is 0 Å². The maximum atomic E-state index is 13.4. The van der Waals surface area contributed by atoms with Crippen molar-refractivity contribution in [2.75, 3.05) is 11.1 Å². The van der Waals surface area contributed by atoms with E-state index in [0.29, 0.717) is 31.2 Å². The normalized spacial score (nSPS) is 12.7. The van der Waals surface area contributed by atoms with Crippen LogP contribution in [0.4, 0.5) is 5.69 Å². The zero-order valence-corrected chi connectivity index (χ0v) is 20.6. The summed E-state index contributed by atoms with van der Waals surface area (Å²) in [4.78, 5) is 30.7. The summed E-state index contributed by atoms with van der Waals surface area (Å²) in [6, 6.07) is 18.5. The van der Waals surface area contributed by atoms with Gasteiger partial charge in [0.15, 0.2) is 5.16 Å². The number of hydrogen-bond acceptors (Lipinski definition) is 4. The topological polar surface area (TPSA) is 64.0 Å². The van der Waals surface area contributed by atoms with Crippen molar-refractivity contribution in [3.8, 4) is 5.69 Å². The number of nitrogens with zero attached hydrogens (tertiary/aromatic N) is 2. The highest BCUT2D eigenvalue weighted by Gasteiger charge is 2.16. The van der Waals surface area contributed by atoms with E-state index in [1.165, 1.54) is 27.5 Å². The zero-order chi connectivity index (χ0) is 22.9. The number of aromatic nitrogens is 2. The molecule has 8 heteroatoms. The molecule has 5 rings (SSSR count). The van der Waals surface area contributed by atoms with Gasteiger partial charge in [-0.05, 0) is 88.8 Å². The molecule has 1 N–H and O–H groups in total. The predicted molar refractivity (Wildman–Crippen MR) is 138 cm³/mol. The van der Waals surface area contributed by atoms with E-state index in [9.17, 15) is 9.59 Å². The molecule has 0 fully saturated rings.